The molecule has 13 heteroatoms. The van der Waals surface area contributed by atoms with Crippen LogP contribution >= 0.6 is 0 Å². The predicted molar refractivity (Wildman–Crippen MR) is 156 cm³/mol. The number of benzene rings is 2. The van der Waals surface area contributed by atoms with E-state index in [1.54, 1.807) is 13.1 Å². The summed E-state index contributed by atoms with van der Waals surface area (Å²) in [5, 5.41) is 13.3. The lowest BCUT2D eigenvalue weighted by Gasteiger charge is -2.34. The van der Waals surface area contributed by atoms with Gasteiger partial charge < -0.3 is 30.2 Å². The minimum atomic E-state index is -4.92. The molecule has 9 nitrogen and oxygen atoms in total. The molecule has 3 saturated heterocycles. The normalized spacial score (nSPS) is 20.1. The van der Waals surface area contributed by atoms with E-state index in [0.717, 1.165) is 18.9 Å². The molecular weight excluding hydrogens is 564 g/mol. The van der Waals surface area contributed by atoms with Crippen molar-refractivity contribution in [3.63, 3.8) is 0 Å². The highest BCUT2D eigenvalue weighted by Crippen LogP contribution is 2.46. The van der Waals surface area contributed by atoms with Crippen molar-refractivity contribution < 1.29 is 22.3 Å². The van der Waals surface area contributed by atoms with Gasteiger partial charge in [-0.2, -0.15) is 28.4 Å². The van der Waals surface area contributed by atoms with E-state index in [2.05, 4.69) is 27.2 Å². The second-order valence-electron chi connectivity index (χ2n) is 11.4. The van der Waals surface area contributed by atoms with E-state index in [1.807, 2.05) is 11.0 Å². The van der Waals surface area contributed by atoms with Gasteiger partial charge in [-0.15, -0.1) is 0 Å². The van der Waals surface area contributed by atoms with Crippen LogP contribution in [0.2, 0.25) is 0 Å². The maximum Gasteiger partial charge on any atom is 0.417 e. The largest absolute Gasteiger partial charge is 0.467 e. The third kappa shape index (κ3) is 5.08. The molecule has 2 atom stereocenters. The molecular formula is C30H32F4N8O. The highest BCUT2D eigenvalue weighted by atomic mass is 19.4. The molecule has 43 heavy (non-hydrogen) atoms. The standard InChI is InChI=1S/C26H23F4N7O.C4H9N/c1-36-11-16(20-15(8-31)18(32)5-6-19(20)36)21-17(26(28,29)30)7-14-23(22(21)27)34-25(38-2)35-24(14)37-9-12-3-4-13(10-37)33-12;1-5-3-2-4-5/h5-7,11-13,33H,3-4,9-10,32H2,1-2H3;2-4H2,1H3. The number of nitrogens with two attached hydrogens (primary N) is 1. The molecule has 226 valence electrons. The molecule has 2 aromatic heterocycles. The van der Waals surface area contributed by atoms with E-state index in [4.69, 9.17) is 10.5 Å². The van der Waals surface area contributed by atoms with Crippen molar-refractivity contribution in [2.45, 2.75) is 37.5 Å². The van der Waals surface area contributed by atoms with Crippen molar-refractivity contribution in [2.75, 3.05) is 51.0 Å². The first-order valence-electron chi connectivity index (χ1n) is 14.1. The summed E-state index contributed by atoms with van der Waals surface area (Å²) in [6.07, 6.45) is -0.244. The number of nitrogens with one attached hydrogen (secondary N) is 1. The number of nitrogen functional groups attached to an aromatic ring is 1. The van der Waals surface area contributed by atoms with Crippen LogP contribution in [0.1, 0.15) is 30.4 Å². The van der Waals surface area contributed by atoms with Crippen molar-refractivity contribution in [3.8, 4) is 23.2 Å². The molecule has 0 spiro atoms. The van der Waals surface area contributed by atoms with Gasteiger partial charge in [-0.1, -0.05) is 0 Å². The SMILES string of the molecule is CN1CCC1.COc1nc(N2CC3CCC(C2)N3)c2cc(C(F)(F)F)c(-c3cn(C)c4ccc(N)c(C#N)c34)c(F)c2n1. The Bertz CT molecular complexity index is 1750. The maximum absolute atomic E-state index is 16.4. The Morgan fingerprint density at radius 1 is 1.12 bits per heavy atom. The Morgan fingerprint density at radius 3 is 2.35 bits per heavy atom. The number of piperazine rings is 1. The van der Waals surface area contributed by atoms with Gasteiger partial charge in [-0.25, -0.2) is 4.39 Å². The number of aryl methyl sites for hydroxylation is 1. The Kier molecular flexibility index (Phi) is 7.30. The molecule has 3 fully saturated rings. The van der Waals surface area contributed by atoms with Crippen molar-refractivity contribution in [3.05, 3.63) is 41.3 Å². The average Bonchev–Trinajstić information content (AvgIpc) is 3.48. The van der Waals surface area contributed by atoms with Gasteiger partial charge in [0.2, 0.25) is 0 Å². The van der Waals surface area contributed by atoms with Gasteiger partial charge >= 0.3 is 12.2 Å². The number of halogens is 4. The number of fused-ring (bicyclic) bond motifs is 4. The summed E-state index contributed by atoms with van der Waals surface area (Å²) in [7, 11) is 5.07. The van der Waals surface area contributed by atoms with Crippen molar-refractivity contribution in [1.82, 2.24) is 24.8 Å². The number of alkyl halides is 3. The van der Waals surface area contributed by atoms with Crippen molar-refractivity contribution >= 4 is 33.3 Å². The monoisotopic (exact) mass is 596 g/mol. The molecule has 0 aliphatic carbocycles. The Labute approximate surface area is 245 Å². The summed E-state index contributed by atoms with van der Waals surface area (Å²) in [6, 6.07) is 6.14. The Morgan fingerprint density at radius 2 is 1.79 bits per heavy atom. The smallest absolute Gasteiger partial charge is 0.417 e. The zero-order chi connectivity index (χ0) is 30.6. The lowest BCUT2D eigenvalue weighted by atomic mass is 9.93. The summed E-state index contributed by atoms with van der Waals surface area (Å²) in [5.74, 6) is -0.977. The maximum atomic E-state index is 16.4. The molecule has 3 N–H and O–H groups in total. The van der Waals surface area contributed by atoms with Crippen LogP contribution in [0.4, 0.5) is 29.1 Å². The third-order valence-corrected chi connectivity index (χ3v) is 8.54. The molecule has 3 aliphatic heterocycles. The van der Waals surface area contributed by atoms with Gasteiger partial charge in [-0.05, 0) is 57.6 Å². The van der Waals surface area contributed by atoms with Gasteiger partial charge in [-0.3, -0.25) is 0 Å². The molecule has 0 saturated carbocycles. The minimum Gasteiger partial charge on any atom is -0.467 e. The number of rotatable bonds is 3. The number of nitrogens with zero attached hydrogens (tertiary/aromatic N) is 6. The number of aromatic nitrogens is 3. The summed E-state index contributed by atoms with van der Waals surface area (Å²) in [6.45, 7) is 3.68. The van der Waals surface area contributed by atoms with Crippen LogP contribution in [0.25, 0.3) is 32.9 Å². The van der Waals surface area contributed by atoms with E-state index in [9.17, 15) is 18.4 Å². The van der Waals surface area contributed by atoms with Crippen LogP contribution < -0.4 is 20.7 Å². The van der Waals surface area contributed by atoms with E-state index in [-0.39, 0.29) is 57.0 Å². The fourth-order valence-electron chi connectivity index (χ4n) is 6.27. The number of nitriles is 1. The molecule has 2 bridgehead atoms. The van der Waals surface area contributed by atoms with E-state index < -0.39 is 23.1 Å². The van der Waals surface area contributed by atoms with Crippen LogP contribution in [-0.4, -0.2) is 71.9 Å². The first-order chi connectivity index (χ1) is 20.5. The quantitative estimate of drug-likeness (QED) is 0.260. The third-order valence-electron chi connectivity index (χ3n) is 8.54. The van der Waals surface area contributed by atoms with E-state index >= 15 is 4.39 Å². The topological polar surface area (TPSA) is 108 Å². The molecule has 0 radical (unpaired) electrons. The highest BCUT2D eigenvalue weighted by molar-refractivity contribution is 6.05. The molecule has 2 unspecified atom stereocenters. The fraction of sp³-hybridized carbons (Fsp3) is 0.433. The number of methoxy groups -OCH3 is 1. The van der Waals surface area contributed by atoms with Crippen LogP contribution in [0.15, 0.2) is 24.4 Å². The summed E-state index contributed by atoms with van der Waals surface area (Å²) in [5.41, 5.74) is 4.20. The number of anilines is 2. The number of ether oxygens (including phenoxy) is 1. The van der Waals surface area contributed by atoms with Gasteiger partial charge in [0.1, 0.15) is 17.4 Å². The first-order valence-corrected chi connectivity index (χ1v) is 14.1. The lowest BCUT2D eigenvalue weighted by Crippen LogP contribution is -2.51. The van der Waals surface area contributed by atoms with Gasteiger partial charge in [0.25, 0.3) is 0 Å². The van der Waals surface area contributed by atoms with Crippen LogP contribution in [0.5, 0.6) is 6.01 Å². The molecule has 5 heterocycles. The average molecular weight is 597 g/mol. The molecule has 3 aliphatic rings. The molecule has 0 amide bonds. The van der Waals surface area contributed by atoms with Crippen LogP contribution in [0, 0.1) is 17.1 Å². The van der Waals surface area contributed by atoms with Crippen molar-refractivity contribution in [2.24, 2.45) is 7.05 Å². The Hall–Kier alpha value is -4.15. The zero-order valence-electron chi connectivity index (χ0n) is 24.1. The number of likely N-dealkylation sites (tertiary alicyclic amines) is 1. The van der Waals surface area contributed by atoms with Crippen LogP contribution in [-0.2, 0) is 13.2 Å². The first kappa shape index (κ1) is 28.9. The second-order valence-corrected chi connectivity index (χ2v) is 11.4. The van der Waals surface area contributed by atoms with Gasteiger partial charge in [0, 0.05) is 65.8 Å². The summed E-state index contributed by atoms with van der Waals surface area (Å²) < 4.78 is 67.1. The predicted octanol–water partition coefficient (Wildman–Crippen LogP) is 4.67. The van der Waals surface area contributed by atoms with Crippen molar-refractivity contribution in [1.29, 1.82) is 5.26 Å². The lowest BCUT2D eigenvalue weighted by molar-refractivity contribution is -0.137. The number of hydrogen-bond acceptors (Lipinski definition) is 8. The van der Waals surface area contributed by atoms with Gasteiger partial charge in [0.05, 0.1) is 23.9 Å². The number of hydrogen-bond donors (Lipinski definition) is 2. The van der Waals surface area contributed by atoms with Crippen LogP contribution in [0.3, 0.4) is 0 Å². The molecule has 7 rings (SSSR count). The second kappa shape index (κ2) is 10.8. The highest BCUT2D eigenvalue weighted by Gasteiger charge is 2.39. The van der Waals surface area contributed by atoms with Gasteiger partial charge in [0.15, 0.2) is 5.82 Å². The van der Waals surface area contributed by atoms with E-state index in [1.165, 1.54) is 43.5 Å². The zero-order valence-corrected chi connectivity index (χ0v) is 24.1. The Balaban J connectivity index is 0.000000599. The minimum absolute atomic E-state index is 0.0250. The molecule has 2 aromatic carbocycles. The summed E-state index contributed by atoms with van der Waals surface area (Å²) >= 11 is 0. The van der Waals surface area contributed by atoms with E-state index in [0.29, 0.717) is 18.6 Å². The summed E-state index contributed by atoms with van der Waals surface area (Å²) in [4.78, 5) is 12.7. The molecule has 4 aromatic rings. The fourth-order valence-corrected chi connectivity index (χ4v) is 6.27.